The summed E-state index contributed by atoms with van der Waals surface area (Å²) in [5.74, 6) is 0.0287. The van der Waals surface area contributed by atoms with Crippen LogP contribution in [0, 0.1) is 5.41 Å². The zero-order chi connectivity index (χ0) is 22.7. The second-order valence-corrected chi connectivity index (χ2v) is 10.4. The Balaban J connectivity index is 1.50. The Kier molecular flexibility index (Phi) is 6.99. The molecule has 0 bridgehead atoms. The topological polar surface area (TPSA) is 38.8 Å². The number of nitrogens with zero attached hydrogens (tertiary/aromatic N) is 1. The van der Waals surface area contributed by atoms with Crippen LogP contribution in [0.2, 0.25) is 0 Å². The Morgan fingerprint density at radius 1 is 1.03 bits per heavy atom. The van der Waals surface area contributed by atoms with Crippen molar-refractivity contribution in [2.75, 3.05) is 13.1 Å². The maximum atomic E-state index is 12.4. The average molecular weight is 496 g/mol. The van der Waals surface area contributed by atoms with Crippen molar-refractivity contribution in [3.05, 3.63) is 82.3 Å². The summed E-state index contributed by atoms with van der Waals surface area (Å²) in [6, 6.07) is 23.2. The molecule has 2 unspecified atom stereocenters. The highest BCUT2D eigenvalue weighted by atomic mass is 79.9. The van der Waals surface area contributed by atoms with E-state index in [9.17, 15) is 4.79 Å². The van der Waals surface area contributed by atoms with Gasteiger partial charge in [0, 0.05) is 16.9 Å². The van der Waals surface area contributed by atoms with E-state index in [2.05, 4.69) is 82.7 Å². The summed E-state index contributed by atoms with van der Waals surface area (Å²) in [5, 5.41) is 4.21. The minimum absolute atomic E-state index is 0.0795. The van der Waals surface area contributed by atoms with Crippen LogP contribution in [0.15, 0.2) is 71.2 Å². The first-order chi connectivity index (χ1) is 15.3. The van der Waals surface area contributed by atoms with Crippen molar-refractivity contribution in [1.29, 1.82) is 0 Å². The van der Waals surface area contributed by atoms with Gasteiger partial charge in [-0.25, -0.2) is 4.79 Å². The number of piperidine rings is 1. The van der Waals surface area contributed by atoms with Crippen LogP contribution in [0.1, 0.15) is 44.2 Å². The van der Waals surface area contributed by atoms with Crippen molar-refractivity contribution in [2.45, 2.75) is 45.8 Å². The van der Waals surface area contributed by atoms with Crippen LogP contribution < -0.4 is 0 Å². The van der Waals surface area contributed by atoms with Gasteiger partial charge in [-0.2, -0.15) is 0 Å². The van der Waals surface area contributed by atoms with Crippen LogP contribution in [-0.4, -0.2) is 30.2 Å². The average Bonchev–Trinajstić information content (AvgIpc) is 2.78. The van der Waals surface area contributed by atoms with Gasteiger partial charge >= 0.3 is 5.97 Å². The Morgan fingerprint density at radius 3 is 2.47 bits per heavy atom. The standard InChI is InChI=1S/C27H30BrNO3/c1-27(2,3)26(30)32-29-15-14-24(21-10-12-23(28)13-11-21)25(17-29)31-18-19-8-9-20-6-4-5-7-22(20)16-19/h4-13,16,24-25H,14-15,17-18H2,1-3H3. The molecule has 1 fully saturated rings. The molecule has 168 valence electrons. The van der Waals surface area contributed by atoms with Gasteiger partial charge in [-0.15, -0.1) is 5.06 Å². The maximum absolute atomic E-state index is 12.4. The lowest BCUT2D eigenvalue weighted by Crippen LogP contribution is -2.46. The van der Waals surface area contributed by atoms with Crippen molar-refractivity contribution in [3.8, 4) is 0 Å². The number of halogens is 1. The molecular weight excluding hydrogens is 466 g/mol. The van der Waals surface area contributed by atoms with E-state index in [1.165, 1.54) is 16.3 Å². The molecule has 0 spiro atoms. The first-order valence-electron chi connectivity index (χ1n) is 11.1. The normalized spacial score (nSPS) is 19.8. The van der Waals surface area contributed by atoms with Crippen LogP contribution in [0.25, 0.3) is 10.8 Å². The number of hydrogen-bond donors (Lipinski definition) is 0. The third kappa shape index (κ3) is 5.58. The molecule has 32 heavy (non-hydrogen) atoms. The fourth-order valence-electron chi connectivity index (χ4n) is 4.02. The Hall–Kier alpha value is -2.21. The molecule has 1 saturated heterocycles. The Morgan fingerprint density at radius 2 is 1.75 bits per heavy atom. The number of hydroxylamine groups is 2. The summed E-state index contributed by atoms with van der Waals surface area (Å²) in [6.07, 6.45) is 0.783. The van der Waals surface area contributed by atoms with Gasteiger partial charge in [-0.1, -0.05) is 64.5 Å². The lowest BCUT2D eigenvalue weighted by Gasteiger charge is -2.38. The second-order valence-electron chi connectivity index (χ2n) is 9.49. The van der Waals surface area contributed by atoms with E-state index >= 15 is 0 Å². The van der Waals surface area contributed by atoms with Crippen LogP contribution in [0.3, 0.4) is 0 Å². The van der Waals surface area contributed by atoms with Gasteiger partial charge in [0.05, 0.1) is 24.7 Å². The Bertz CT molecular complexity index is 1070. The van der Waals surface area contributed by atoms with Gasteiger partial charge in [0.2, 0.25) is 0 Å². The Labute approximate surface area is 198 Å². The molecule has 1 aliphatic heterocycles. The third-order valence-electron chi connectivity index (χ3n) is 5.92. The molecule has 0 amide bonds. The number of hydrogen-bond acceptors (Lipinski definition) is 4. The summed E-state index contributed by atoms with van der Waals surface area (Å²) >= 11 is 3.52. The highest BCUT2D eigenvalue weighted by molar-refractivity contribution is 9.10. The van der Waals surface area contributed by atoms with Crippen LogP contribution >= 0.6 is 15.9 Å². The molecule has 0 radical (unpaired) electrons. The molecule has 0 saturated carbocycles. The van der Waals surface area contributed by atoms with Crippen molar-refractivity contribution < 1.29 is 14.4 Å². The largest absolute Gasteiger partial charge is 0.371 e. The molecule has 3 aromatic carbocycles. The molecule has 2 atom stereocenters. The summed E-state index contributed by atoms with van der Waals surface area (Å²) in [7, 11) is 0. The van der Waals surface area contributed by atoms with Crippen LogP contribution in [-0.2, 0) is 21.0 Å². The number of rotatable bonds is 5. The number of ether oxygens (including phenoxy) is 1. The molecule has 0 aliphatic carbocycles. The molecule has 0 aromatic heterocycles. The highest BCUT2D eigenvalue weighted by Crippen LogP contribution is 2.33. The fraction of sp³-hybridized carbons (Fsp3) is 0.370. The van der Waals surface area contributed by atoms with E-state index < -0.39 is 5.41 Å². The predicted molar refractivity (Wildman–Crippen MR) is 131 cm³/mol. The maximum Gasteiger partial charge on any atom is 0.330 e. The third-order valence-corrected chi connectivity index (χ3v) is 6.45. The van der Waals surface area contributed by atoms with E-state index in [1.54, 1.807) is 5.06 Å². The van der Waals surface area contributed by atoms with Gasteiger partial charge < -0.3 is 9.57 Å². The van der Waals surface area contributed by atoms with E-state index in [0.29, 0.717) is 19.7 Å². The second kappa shape index (κ2) is 9.74. The molecule has 0 N–H and O–H groups in total. The molecule has 4 nitrogen and oxygen atoms in total. The summed E-state index contributed by atoms with van der Waals surface area (Å²) < 4.78 is 7.53. The van der Waals surface area contributed by atoms with Crippen molar-refractivity contribution in [2.24, 2.45) is 5.41 Å². The zero-order valence-corrected chi connectivity index (χ0v) is 20.5. The summed E-state index contributed by atoms with van der Waals surface area (Å²) in [6.45, 7) is 7.38. The van der Waals surface area contributed by atoms with Crippen LogP contribution in [0.4, 0.5) is 0 Å². The molecule has 1 aliphatic rings. The van der Waals surface area contributed by atoms with E-state index in [-0.39, 0.29) is 18.0 Å². The van der Waals surface area contributed by atoms with E-state index in [4.69, 9.17) is 9.57 Å². The molecule has 4 rings (SSSR count). The highest BCUT2D eigenvalue weighted by Gasteiger charge is 2.35. The number of carbonyl (C=O) groups excluding carboxylic acids is 1. The minimum atomic E-state index is -0.538. The van der Waals surface area contributed by atoms with Gasteiger partial charge in [0.15, 0.2) is 0 Å². The minimum Gasteiger partial charge on any atom is -0.371 e. The van der Waals surface area contributed by atoms with Crippen LogP contribution in [0.5, 0.6) is 0 Å². The lowest BCUT2D eigenvalue weighted by molar-refractivity contribution is -0.216. The van der Waals surface area contributed by atoms with Crippen molar-refractivity contribution >= 4 is 32.7 Å². The van der Waals surface area contributed by atoms with Gasteiger partial charge in [-0.05, 0) is 67.3 Å². The molecule has 5 heteroatoms. The SMILES string of the molecule is CC(C)(C)C(=O)ON1CCC(c2ccc(Br)cc2)C(OCc2ccc3ccccc3c2)C1. The van der Waals surface area contributed by atoms with E-state index in [1.807, 2.05) is 20.8 Å². The van der Waals surface area contributed by atoms with E-state index in [0.717, 1.165) is 16.5 Å². The first kappa shape index (κ1) is 23.0. The van der Waals surface area contributed by atoms with Crippen molar-refractivity contribution in [3.63, 3.8) is 0 Å². The number of benzene rings is 3. The molecule has 3 aromatic rings. The predicted octanol–water partition coefficient (Wildman–Crippen LogP) is 6.48. The van der Waals surface area contributed by atoms with Gasteiger partial charge in [0.1, 0.15) is 0 Å². The molecule has 1 heterocycles. The van der Waals surface area contributed by atoms with Gasteiger partial charge in [0.25, 0.3) is 0 Å². The summed E-state index contributed by atoms with van der Waals surface area (Å²) in [4.78, 5) is 18.1. The monoisotopic (exact) mass is 495 g/mol. The summed E-state index contributed by atoms with van der Waals surface area (Å²) in [5.41, 5.74) is 1.85. The fourth-order valence-corrected chi connectivity index (χ4v) is 4.28. The number of fused-ring (bicyclic) bond motifs is 1. The zero-order valence-electron chi connectivity index (χ0n) is 18.9. The van der Waals surface area contributed by atoms with Gasteiger partial charge in [-0.3, -0.25) is 0 Å². The smallest absolute Gasteiger partial charge is 0.330 e. The van der Waals surface area contributed by atoms with Crippen molar-refractivity contribution in [1.82, 2.24) is 5.06 Å². The quantitative estimate of drug-likeness (QED) is 0.405. The molecular formula is C27H30BrNO3. The number of carbonyl (C=O) groups is 1. The lowest BCUT2D eigenvalue weighted by atomic mass is 9.87. The first-order valence-corrected chi connectivity index (χ1v) is 11.9.